The van der Waals surface area contributed by atoms with E-state index in [1.807, 2.05) is 13.0 Å². The Labute approximate surface area is 152 Å². The minimum Gasteiger partial charge on any atom is -0.478 e. The zero-order valence-corrected chi connectivity index (χ0v) is 15.8. The van der Waals surface area contributed by atoms with Gasteiger partial charge in [-0.3, -0.25) is 0 Å². The number of halogens is 1. The van der Waals surface area contributed by atoms with Crippen LogP contribution in [0, 0.1) is 0 Å². The molecule has 128 valence electrons. The zero-order chi connectivity index (χ0) is 16.8. The Balaban J connectivity index is 1.78. The van der Waals surface area contributed by atoms with Crippen molar-refractivity contribution in [2.45, 2.75) is 37.9 Å². The van der Waals surface area contributed by atoms with Gasteiger partial charge in [-0.15, -0.1) is 0 Å². The van der Waals surface area contributed by atoms with Gasteiger partial charge < -0.3 is 9.47 Å². The van der Waals surface area contributed by atoms with Gasteiger partial charge in [-0.25, -0.2) is 4.98 Å². The molecule has 1 aliphatic rings. The smallest absolute Gasteiger partial charge is 0.213 e. The lowest BCUT2D eigenvalue weighted by Gasteiger charge is -2.12. The van der Waals surface area contributed by atoms with E-state index < -0.39 is 0 Å². The van der Waals surface area contributed by atoms with Crippen LogP contribution in [-0.4, -0.2) is 24.8 Å². The summed E-state index contributed by atoms with van der Waals surface area (Å²) < 4.78 is 11.1. The van der Waals surface area contributed by atoms with Gasteiger partial charge in [-0.05, 0) is 55.0 Å². The summed E-state index contributed by atoms with van der Waals surface area (Å²) in [4.78, 5) is 4.77. The maximum Gasteiger partial charge on any atom is 0.213 e. The standard InChI is InChI=1S/C20H24BrNO2/c1-2-23-11-4-12-24-20-10-9-17-18-13-15(14-21)7-8-16(18)5-3-6-19(17)22-20/h7-10,13H,2-6,11-12,14H2,1H3. The van der Waals surface area contributed by atoms with Crippen LogP contribution in [0.15, 0.2) is 30.3 Å². The predicted molar refractivity (Wildman–Crippen MR) is 101 cm³/mol. The first kappa shape index (κ1) is 17.4. The molecule has 0 radical (unpaired) electrons. The lowest BCUT2D eigenvalue weighted by molar-refractivity contribution is 0.130. The number of alkyl halides is 1. The summed E-state index contributed by atoms with van der Waals surface area (Å²) in [7, 11) is 0. The highest BCUT2D eigenvalue weighted by atomic mass is 79.9. The van der Waals surface area contributed by atoms with Crippen LogP contribution in [-0.2, 0) is 22.9 Å². The van der Waals surface area contributed by atoms with Crippen LogP contribution in [0.5, 0.6) is 5.88 Å². The SMILES string of the molecule is CCOCCCOc1ccc2c(n1)CCCc1ccc(CBr)cc1-2. The molecular formula is C20H24BrNO2. The molecule has 24 heavy (non-hydrogen) atoms. The summed E-state index contributed by atoms with van der Waals surface area (Å²) in [6, 6.07) is 10.9. The highest BCUT2D eigenvalue weighted by molar-refractivity contribution is 9.08. The fourth-order valence-corrected chi connectivity index (χ4v) is 3.45. The number of fused-ring (bicyclic) bond motifs is 3. The molecule has 1 aliphatic carbocycles. The van der Waals surface area contributed by atoms with E-state index in [0.29, 0.717) is 6.61 Å². The van der Waals surface area contributed by atoms with Gasteiger partial charge in [-0.1, -0.05) is 28.1 Å². The molecule has 0 aliphatic heterocycles. The molecule has 4 heteroatoms. The molecule has 3 nitrogen and oxygen atoms in total. The summed E-state index contributed by atoms with van der Waals surface area (Å²) in [6.45, 7) is 4.15. The Kier molecular flexibility index (Phi) is 6.27. The third-order valence-electron chi connectivity index (χ3n) is 4.31. The zero-order valence-electron chi connectivity index (χ0n) is 14.2. The van der Waals surface area contributed by atoms with E-state index in [0.717, 1.165) is 55.8 Å². The van der Waals surface area contributed by atoms with Crippen molar-refractivity contribution in [3.05, 3.63) is 47.2 Å². The Morgan fingerprint density at radius 2 is 2.00 bits per heavy atom. The number of nitrogens with zero attached hydrogens (tertiary/aromatic N) is 1. The number of hydrogen-bond acceptors (Lipinski definition) is 3. The van der Waals surface area contributed by atoms with Crippen LogP contribution in [0.4, 0.5) is 0 Å². The Hall–Kier alpha value is -1.39. The summed E-state index contributed by atoms with van der Waals surface area (Å²) >= 11 is 3.56. The number of ether oxygens (including phenoxy) is 2. The van der Waals surface area contributed by atoms with E-state index >= 15 is 0 Å². The first-order valence-electron chi connectivity index (χ1n) is 8.70. The second-order valence-electron chi connectivity index (χ2n) is 6.02. The molecular weight excluding hydrogens is 366 g/mol. The maximum atomic E-state index is 5.79. The molecule has 0 spiro atoms. The van der Waals surface area contributed by atoms with Crippen molar-refractivity contribution in [3.63, 3.8) is 0 Å². The Bertz CT molecular complexity index is 687. The van der Waals surface area contributed by atoms with Gasteiger partial charge in [0.15, 0.2) is 0 Å². The van der Waals surface area contributed by atoms with Crippen LogP contribution in [0.3, 0.4) is 0 Å². The van der Waals surface area contributed by atoms with Gasteiger partial charge in [0.25, 0.3) is 0 Å². The first-order valence-corrected chi connectivity index (χ1v) is 9.82. The van der Waals surface area contributed by atoms with Crippen LogP contribution in [0.2, 0.25) is 0 Å². The van der Waals surface area contributed by atoms with Crippen molar-refractivity contribution in [1.82, 2.24) is 4.98 Å². The van der Waals surface area contributed by atoms with E-state index in [9.17, 15) is 0 Å². The number of hydrogen-bond donors (Lipinski definition) is 0. The first-order chi connectivity index (χ1) is 11.8. The molecule has 3 rings (SSSR count). The molecule has 0 saturated carbocycles. The molecule has 0 atom stereocenters. The van der Waals surface area contributed by atoms with Crippen molar-refractivity contribution < 1.29 is 9.47 Å². The predicted octanol–water partition coefficient (Wildman–Crippen LogP) is 4.94. The van der Waals surface area contributed by atoms with Crippen molar-refractivity contribution in [3.8, 4) is 17.0 Å². The summed E-state index contributed by atoms with van der Waals surface area (Å²) in [5, 5.41) is 0.879. The monoisotopic (exact) mass is 389 g/mol. The molecule has 1 heterocycles. The lowest BCUT2D eigenvalue weighted by Crippen LogP contribution is -2.05. The molecule has 0 saturated heterocycles. The summed E-state index contributed by atoms with van der Waals surface area (Å²) in [5.41, 5.74) is 6.47. The maximum absolute atomic E-state index is 5.79. The van der Waals surface area contributed by atoms with Gasteiger partial charge in [0, 0.05) is 36.6 Å². The van der Waals surface area contributed by atoms with Crippen molar-refractivity contribution in [2.24, 2.45) is 0 Å². The molecule has 1 aromatic heterocycles. The number of benzene rings is 1. The molecule has 0 unspecified atom stereocenters. The fraction of sp³-hybridized carbons (Fsp3) is 0.450. The van der Waals surface area contributed by atoms with Gasteiger partial charge >= 0.3 is 0 Å². The summed E-state index contributed by atoms with van der Waals surface area (Å²) in [6.07, 6.45) is 4.14. The molecule has 2 aromatic rings. The van der Waals surface area contributed by atoms with Gasteiger partial charge in [0.1, 0.15) is 0 Å². The second-order valence-corrected chi connectivity index (χ2v) is 6.58. The van der Waals surface area contributed by atoms with Gasteiger partial charge in [0.2, 0.25) is 5.88 Å². The highest BCUT2D eigenvalue weighted by Crippen LogP contribution is 2.33. The lowest BCUT2D eigenvalue weighted by atomic mass is 9.97. The number of aryl methyl sites for hydroxylation is 2. The quantitative estimate of drug-likeness (QED) is 0.496. The van der Waals surface area contributed by atoms with Crippen molar-refractivity contribution in [2.75, 3.05) is 19.8 Å². The largest absolute Gasteiger partial charge is 0.478 e. The van der Waals surface area contributed by atoms with Crippen molar-refractivity contribution in [1.29, 1.82) is 0 Å². The van der Waals surface area contributed by atoms with E-state index in [1.54, 1.807) is 0 Å². The van der Waals surface area contributed by atoms with Crippen LogP contribution in [0.1, 0.15) is 36.6 Å². The summed E-state index contributed by atoms with van der Waals surface area (Å²) in [5.74, 6) is 0.727. The molecule has 0 bridgehead atoms. The average molecular weight is 390 g/mol. The number of aromatic nitrogens is 1. The highest BCUT2D eigenvalue weighted by Gasteiger charge is 2.16. The Morgan fingerprint density at radius 3 is 2.83 bits per heavy atom. The average Bonchev–Trinajstić information content (AvgIpc) is 2.79. The molecule has 0 fully saturated rings. The second kappa shape index (κ2) is 8.63. The number of pyridine rings is 1. The van der Waals surface area contributed by atoms with E-state index in [1.165, 1.54) is 22.3 Å². The van der Waals surface area contributed by atoms with Crippen molar-refractivity contribution >= 4 is 15.9 Å². The minimum absolute atomic E-state index is 0.649. The van der Waals surface area contributed by atoms with Gasteiger partial charge in [0.05, 0.1) is 12.3 Å². The topological polar surface area (TPSA) is 31.4 Å². The fourth-order valence-electron chi connectivity index (χ4n) is 3.10. The third kappa shape index (κ3) is 4.17. The molecule has 0 amide bonds. The minimum atomic E-state index is 0.649. The van der Waals surface area contributed by atoms with Crippen LogP contribution < -0.4 is 4.74 Å². The van der Waals surface area contributed by atoms with E-state index in [-0.39, 0.29) is 0 Å². The van der Waals surface area contributed by atoms with Crippen LogP contribution in [0.25, 0.3) is 11.1 Å². The third-order valence-corrected chi connectivity index (χ3v) is 4.96. The van der Waals surface area contributed by atoms with E-state index in [4.69, 9.17) is 14.5 Å². The molecule has 1 aromatic carbocycles. The number of rotatable bonds is 7. The normalized spacial score (nSPS) is 13.1. The Morgan fingerprint density at radius 1 is 1.08 bits per heavy atom. The molecule has 0 N–H and O–H groups in total. The van der Waals surface area contributed by atoms with Gasteiger partial charge in [-0.2, -0.15) is 0 Å². The van der Waals surface area contributed by atoms with Crippen LogP contribution >= 0.6 is 15.9 Å². The van der Waals surface area contributed by atoms with E-state index in [2.05, 4.69) is 40.2 Å².